The van der Waals surface area contributed by atoms with Gasteiger partial charge in [0, 0.05) is 31.3 Å². The number of rotatable bonds is 2. The SMILES string of the molecule is Fc1ccccc1-c1c2ccccc2c(-c2ccc3sc4ccccc4c3c2)c2ccccc12. The van der Waals surface area contributed by atoms with E-state index in [1.165, 1.54) is 31.3 Å². The minimum atomic E-state index is -0.197. The number of benzene rings is 6. The summed E-state index contributed by atoms with van der Waals surface area (Å²) >= 11 is 1.83. The molecule has 0 saturated heterocycles. The van der Waals surface area contributed by atoms with E-state index in [-0.39, 0.29) is 5.82 Å². The minimum absolute atomic E-state index is 0.197. The van der Waals surface area contributed by atoms with Crippen LogP contribution in [0.4, 0.5) is 4.39 Å². The second-order valence-corrected chi connectivity index (χ2v) is 9.71. The maximum atomic E-state index is 15.0. The first-order valence-corrected chi connectivity index (χ1v) is 12.2. The molecule has 0 bridgehead atoms. The molecule has 1 heterocycles. The lowest BCUT2D eigenvalue weighted by Crippen LogP contribution is -1.92. The average molecular weight is 455 g/mol. The second kappa shape index (κ2) is 7.51. The molecule has 7 rings (SSSR count). The van der Waals surface area contributed by atoms with Crippen LogP contribution in [0.3, 0.4) is 0 Å². The van der Waals surface area contributed by atoms with Crippen molar-refractivity contribution in [1.29, 1.82) is 0 Å². The van der Waals surface area contributed by atoms with E-state index in [2.05, 4.69) is 78.9 Å². The third-order valence-electron chi connectivity index (χ3n) is 6.74. The molecule has 0 N–H and O–H groups in total. The summed E-state index contributed by atoms with van der Waals surface area (Å²) < 4.78 is 17.6. The highest BCUT2D eigenvalue weighted by Crippen LogP contribution is 2.45. The second-order valence-electron chi connectivity index (χ2n) is 8.63. The van der Waals surface area contributed by atoms with Crippen LogP contribution < -0.4 is 0 Å². The Bertz CT molecular complexity index is 1820. The Morgan fingerprint density at radius 3 is 1.65 bits per heavy atom. The van der Waals surface area contributed by atoms with Crippen LogP contribution in [-0.2, 0) is 0 Å². The predicted octanol–water partition coefficient (Wildman–Crippen LogP) is 9.83. The van der Waals surface area contributed by atoms with Crippen molar-refractivity contribution in [2.24, 2.45) is 0 Å². The van der Waals surface area contributed by atoms with Crippen LogP contribution in [0.15, 0.2) is 115 Å². The summed E-state index contributed by atoms with van der Waals surface area (Å²) in [7, 11) is 0. The Balaban J connectivity index is 1.64. The fraction of sp³-hybridized carbons (Fsp3) is 0. The number of fused-ring (bicyclic) bond motifs is 5. The van der Waals surface area contributed by atoms with Crippen molar-refractivity contribution in [3.63, 3.8) is 0 Å². The summed E-state index contributed by atoms with van der Waals surface area (Å²) in [5.41, 5.74) is 3.97. The molecular formula is C32H19FS. The van der Waals surface area contributed by atoms with Gasteiger partial charge < -0.3 is 0 Å². The zero-order valence-electron chi connectivity index (χ0n) is 18.3. The maximum absolute atomic E-state index is 15.0. The summed E-state index contributed by atoms with van der Waals surface area (Å²) in [5, 5.41) is 6.98. The van der Waals surface area contributed by atoms with Gasteiger partial charge in [0.05, 0.1) is 0 Å². The van der Waals surface area contributed by atoms with Gasteiger partial charge in [-0.3, -0.25) is 0 Å². The largest absolute Gasteiger partial charge is 0.206 e. The van der Waals surface area contributed by atoms with Crippen LogP contribution in [0.1, 0.15) is 0 Å². The smallest absolute Gasteiger partial charge is 0.131 e. The standard InChI is InChI=1S/C32H19FS/c33-28-15-7-5-14-26(28)32-24-12-3-1-10-22(24)31(23-11-2-4-13-25(23)32)20-17-18-30-27(19-20)21-9-6-8-16-29(21)34-30/h1-19H. The molecule has 0 nitrogen and oxygen atoms in total. The molecule has 0 radical (unpaired) electrons. The van der Waals surface area contributed by atoms with Crippen LogP contribution in [0.25, 0.3) is 64.0 Å². The van der Waals surface area contributed by atoms with Gasteiger partial charge in [-0.15, -0.1) is 11.3 Å². The first-order chi connectivity index (χ1) is 16.8. The lowest BCUT2D eigenvalue weighted by molar-refractivity contribution is 0.631. The zero-order chi connectivity index (χ0) is 22.6. The molecule has 0 saturated carbocycles. The summed E-state index contributed by atoms with van der Waals surface area (Å²) in [6, 6.07) is 39.3. The monoisotopic (exact) mass is 454 g/mol. The molecule has 160 valence electrons. The molecule has 0 spiro atoms. The van der Waals surface area contributed by atoms with Gasteiger partial charge in [0.25, 0.3) is 0 Å². The number of thiophene rings is 1. The minimum Gasteiger partial charge on any atom is -0.206 e. The average Bonchev–Trinajstić information content (AvgIpc) is 3.26. The fourth-order valence-corrected chi connectivity index (χ4v) is 6.36. The van der Waals surface area contributed by atoms with Crippen molar-refractivity contribution in [3.8, 4) is 22.3 Å². The van der Waals surface area contributed by atoms with Gasteiger partial charge >= 0.3 is 0 Å². The Labute approximate surface area is 200 Å². The fourth-order valence-electron chi connectivity index (χ4n) is 5.28. The molecule has 0 aliphatic heterocycles. The van der Waals surface area contributed by atoms with Gasteiger partial charge in [-0.2, -0.15) is 0 Å². The molecule has 0 fully saturated rings. The van der Waals surface area contributed by atoms with E-state index in [1.807, 2.05) is 35.6 Å². The van der Waals surface area contributed by atoms with Crippen LogP contribution in [-0.4, -0.2) is 0 Å². The maximum Gasteiger partial charge on any atom is 0.131 e. The molecule has 6 aromatic carbocycles. The summed E-state index contributed by atoms with van der Waals surface area (Å²) in [5.74, 6) is -0.197. The van der Waals surface area contributed by atoms with Crippen molar-refractivity contribution in [2.45, 2.75) is 0 Å². The predicted molar refractivity (Wildman–Crippen MR) is 145 cm³/mol. The molecule has 0 aliphatic rings. The highest BCUT2D eigenvalue weighted by molar-refractivity contribution is 7.25. The van der Waals surface area contributed by atoms with Gasteiger partial charge in [0.2, 0.25) is 0 Å². The molecule has 0 atom stereocenters. The highest BCUT2D eigenvalue weighted by Gasteiger charge is 2.18. The normalized spacial score (nSPS) is 11.7. The molecule has 0 unspecified atom stereocenters. The summed E-state index contributed by atoms with van der Waals surface area (Å²) in [6.45, 7) is 0. The topological polar surface area (TPSA) is 0 Å². The van der Waals surface area contributed by atoms with E-state index in [1.54, 1.807) is 12.1 Å². The van der Waals surface area contributed by atoms with Gasteiger partial charge in [-0.25, -0.2) is 4.39 Å². The van der Waals surface area contributed by atoms with Crippen LogP contribution >= 0.6 is 11.3 Å². The van der Waals surface area contributed by atoms with Gasteiger partial charge in [-0.1, -0.05) is 91.0 Å². The van der Waals surface area contributed by atoms with Crippen molar-refractivity contribution >= 4 is 53.1 Å². The van der Waals surface area contributed by atoms with Gasteiger partial charge in [0.15, 0.2) is 0 Å². The quantitative estimate of drug-likeness (QED) is 0.228. The first kappa shape index (κ1) is 19.5. The van der Waals surface area contributed by atoms with E-state index < -0.39 is 0 Å². The third kappa shape index (κ3) is 2.82. The van der Waals surface area contributed by atoms with Crippen LogP contribution in [0.5, 0.6) is 0 Å². The Hall–Kier alpha value is -4.01. The lowest BCUT2D eigenvalue weighted by Gasteiger charge is -2.18. The summed E-state index contributed by atoms with van der Waals surface area (Å²) in [6.07, 6.45) is 0. The molecule has 34 heavy (non-hydrogen) atoms. The van der Waals surface area contributed by atoms with Crippen molar-refractivity contribution in [1.82, 2.24) is 0 Å². The Morgan fingerprint density at radius 2 is 0.971 bits per heavy atom. The molecule has 0 amide bonds. The van der Waals surface area contributed by atoms with Gasteiger partial charge in [-0.05, 0) is 56.9 Å². The van der Waals surface area contributed by atoms with Crippen LogP contribution in [0.2, 0.25) is 0 Å². The number of hydrogen-bond donors (Lipinski definition) is 0. The van der Waals surface area contributed by atoms with E-state index >= 15 is 4.39 Å². The molecule has 7 aromatic rings. The Kier molecular flexibility index (Phi) is 4.30. The van der Waals surface area contributed by atoms with Crippen molar-refractivity contribution < 1.29 is 4.39 Å². The zero-order valence-corrected chi connectivity index (χ0v) is 19.1. The Morgan fingerprint density at radius 1 is 0.441 bits per heavy atom. The molecule has 1 aromatic heterocycles. The van der Waals surface area contributed by atoms with E-state index in [4.69, 9.17) is 0 Å². The first-order valence-electron chi connectivity index (χ1n) is 11.4. The van der Waals surface area contributed by atoms with Crippen molar-refractivity contribution in [2.75, 3.05) is 0 Å². The highest BCUT2D eigenvalue weighted by atomic mass is 32.1. The van der Waals surface area contributed by atoms with Gasteiger partial charge in [0.1, 0.15) is 5.82 Å². The third-order valence-corrected chi connectivity index (χ3v) is 7.89. The molecule has 0 aliphatic carbocycles. The van der Waals surface area contributed by atoms with Crippen molar-refractivity contribution in [3.05, 3.63) is 121 Å². The molecular weight excluding hydrogens is 435 g/mol. The molecule has 2 heteroatoms. The summed E-state index contributed by atoms with van der Waals surface area (Å²) in [4.78, 5) is 0. The van der Waals surface area contributed by atoms with Crippen LogP contribution in [0, 0.1) is 5.82 Å². The number of hydrogen-bond acceptors (Lipinski definition) is 1. The number of halogens is 1. The van der Waals surface area contributed by atoms with E-state index in [9.17, 15) is 0 Å². The van der Waals surface area contributed by atoms with E-state index in [0.29, 0.717) is 5.56 Å². The van der Waals surface area contributed by atoms with E-state index in [0.717, 1.165) is 27.1 Å². The lowest BCUT2D eigenvalue weighted by atomic mass is 9.85.